The first-order valence-corrected chi connectivity index (χ1v) is 8.81. The summed E-state index contributed by atoms with van der Waals surface area (Å²) < 4.78 is 57.0. The van der Waals surface area contributed by atoms with E-state index in [1.807, 2.05) is 0 Å². The highest BCUT2D eigenvalue weighted by atomic mass is 35.5. The molecule has 2 aromatic carbocycles. The Morgan fingerprint density at radius 2 is 1.75 bits per heavy atom. The van der Waals surface area contributed by atoms with Gasteiger partial charge >= 0.3 is 6.61 Å². The molecular weight excluding hydrogens is 360 g/mol. The zero-order chi connectivity index (χ0) is 18.1. The van der Waals surface area contributed by atoms with Gasteiger partial charge in [0, 0.05) is 5.02 Å². The molecule has 0 radical (unpaired) electrons. The highest BCUT2D eigenvalue weighted by Crippen LogP contribution is 2.31. The van der Waals surface area contributed by atoms with Gasteiger partial charge in [0.05, 0.1) is 10.6 Å². The van der Waals surface area contributed by atoms with Crippen LogP contribution in [-0.4, -0.2) is 15.0 Å². The maximum atomic E-state index is 12.6. The lowest BCUT2D eigenvalue weighted by Crippen LogP contribution is -2.16. The van der Waals surface area contributed by atoms with Gasteiger partial charge in [-0.2, -0.15) is 8.78 Å². The number of hydrogen-bond donors (Lipinski definition) is 1. The molecule has 0 fully saturated rings. The van der Waals surface area contributed by atoms with Gasteiger partial charge in [0.15, 0.2) is 0 Å². The van der Waals surface area contributed by atoms with Gasteiger partial charge in [0.25, 0.3) is 10.0 Å². The van der Waals surface area contributed by atoms with Gasteiger partial charge in [-0.15, -0.1) is 0 Å². The standard InChI is InChI=1S/C16H16ClF2NO3S/c1-9-4-5-13(14(6-9)23-16(18)19)20-24(21,22)15-8-10(2)12(17)7-11(15)3/h4-8,16,20H,1-3H3. The second kappa shape index (κ2) is 6.94. The average Bonchev–Trinajstić information content (AvgIpc) is 2.45. The van der Waals surface area contributed by atoms with E-state index in [-0.39, 0.29) is 16.3 Å². The van der Waals surface area contributed by atoms with E-state index in [0.717, 1.165) is 0 Å². The van der Waals surface area contributed by atoms with Crippen LogP contribution in [-0.2, 0) is 10.0 Å². The number of ether oxygens (including phenoxy) is 1. The molecule has 24 heavy (non-hydrogen) atoms. The summed E-state index contributed by atoms with van der Waals surface area (Å²) in [5.74, 6) is -0.239. The molecule has 0 aliphatic rings. The van der Waals surface area contributed by atoms with E-state index in [2.05, 4.69) is 9.46 Å². The summed E-state index contributed by atoms with van der Waals surface area (Å²) in [7, 11) is -3.99. The van der Waals surface area contributed by atoms with Crippen LogP contribution < -0.4 is 9.46 Å². The Hall–Kier alpha value is -1.86. The molecule has 0 aromatic heterocycles. The number of halogens is 3. The SMILES string of the molecule is Cc1ccc(NS(=O)(=O)c2cc(C)c(Cl)cc2C)c(OC(F)F)c1. The first-order chi connectivity index (χ1) is 11.1. The number of alkyl halides is 2. The number of sulfonamides is 1. The number of rotatable bonds is 5. The van der Waals surface area contributed by atoms with Crippen molar-refractivity contribution < 1.29 is 21.9 Å². The van der Waals surface area contributed by atoms with Crippen LogP contribution in [0.4, 0.5) is 14.5 Å². The van der Waals surface area contributed by atoms with Crippen LogP contribution in [0.5, 0.6) is 5.75 Å². The Labute approximate surface area is 144 Å². The lowest BCUT2D eigenvalue weighted by molar-refractivity contribution is -0.0493. The fourth-order valence-corrected chi connectivity index (χ4v) is 3.75. The van der Waals surface area contributed by atoms with Crippen molar-refractivity contribution in [2.75, 3.05) is 4.72 Å². The van der Waals surface area contributed by atoms with Crippen molar-refractivity contribution in [3.05, 3.63) is 52.0 Å². The number of benzene rings is 2. The van der Waals surface area contributed by atoms with Gasteiger partial charge < -0.3 is 4.74 Å². The van der Waals surface area contributed by atoms with Gasteiger partial charge in [-0.1, -0.05) is 17.7 Å². The number of hydrogen-bond acceptors (Lipinski definition) is 3. The third kappa shape index (κ3) is 4.15. The molecule has 1 N–H and O–H groups in total. The molecular formula is C16H16ClF2NO3S. The summed E-state index contributed by atoms with van der Waals surface area (Å²) in [6, 6.07) is 7.28. The number of aryl methyl sites for hydroxylation is 3. The third-order valence-corrected chi connectivity index (χ3v) is 5.26. The zero-order valence-electron chi connectivity index (χ0n) is 13.2. The lowest BCUT2D eigenvalue weighted by atomic mass is 10.2. The summed E-state index contributed by atoms with van der Waals surface area (Å²) in [6.45, 7) is 1.90. The third-order valence-electron chi connectivity index (χ3n) is 3.34. The van der Waals surface area contributed by atoms with E-state index < -0.39 is 16.6 Å². The Morgan fingerprint density at radius 3 is 2.38 bits per heavy atom. The van der Waals surface area contributed by atoms with E-state index in [1.54, 1.807) is 26.8 Å². The first-order valence-electron chi connectivity index (χ1n) is 6.95. The van der Waals surface area contributed by atoms with E-state index in [1.165, 1.54) is 24.3 Å². The summed E-state index contributed by atoms with van der Waals surface area (Å²) in [6.07, 6.45) is 0. The smallest absolute Gasteiger partial charge is 0.387 e. The molecule has 0 aliphatic heterocycles. The van der Waals surface area contributed by atoms with Crippen LogP contribution in [0.15, 0.2) is 35.2 Å². The van der Waals surface area contributed by atoms with Crippen LogP contribution in [0.1, 0.15) is 16.7 Å². The Balaban J connectivity index is 2.45. The molecule has 0 amide bonds. The predicted molar refractivity (Wildman–Crippen MR) is 89.5 cm³/mol. The van der Waals surface area contributed by atoms with Crippen molar-refractivity contribution in [2.45, 2.75) is 32.3 Å². The highest BCUT2D eigenvalue weighted by Gasteiger charge is 2.21. The van der Waals surface area contributed by atoms with Gasteiger partial charge in [0.2, 0.25) is 0 Å². The second-order valence-corrected chi connectivity index (χ2v) is 7.41. The van der Waals surface area contributed by atoms with Crippen molar-refractivity contribution in [2.24, 2.45) is 0 Å². The Bertz CT molecular complexity index is 870. The van der Waals surface area contributed by atoms with Gasteiger partial charge in [-0.05, 0) is 61.7 Å². The van der Waals surface area contributed by atoms with Crippen LogP contribution in [0.25, 0.3) is 0 Å². The first kappa shape index (κ1) is 18.5. The average molecular weight is 376 g/mol. The molecule has 0 spiro atoms. The van der Waals surface area contributed by atoms with E-state index in [4.69, 9.17) is 11.6 Å². The van der Waals surface area contributed by atoms with Crippen LogP contribution in [0, 0.1) is 20.8 Å². The van der Waals surface area contributed by atoms with Crippen LogP contribution >= 0.6 is 11.6 Å². The lowest BCUT2D eigenvalue weighted by Gasteiger charge is -2.15. The maximum Gasteiger partial charge on any atom is 0.387 e. The predicted octanol–water partition coefficient (Wildman–Crippen LogP) is 4.67. The number of nitrogens with one attached hydrogen (secondary N) is 1. The molecule has 0 heterocycles. The molecule has 130 valence electrons. The largest absolute Gasteiger partial charge is 0.433 e. The molecule has 0 aliphatic carbocycles. The van der Waals surface area contributed by atoms with E-state index >= 15 is 0 Å². The minimum absolute atomic E-state index is 0.0213. The van der Waals surface area contributed by atoms with E-state index in [0.29, 0.717) is 21.7 Å². The molecule has 0 saturated heterocycles. The Kier molecular flexibility index (Phi) is 5.35. The topological polar surface area (TPSA) is 55.4 Å². The summed E-state index contributed by atoms with van der Waals surface area (Å²) >= 11 is 5.98. The second-order valence-electron chi connectivity index (χ2n) is 5.35. The zero-order valence-corrected chi connectivity index (χ0v) is 14.8. The van der Waals surface area contributed by atoms with Gasteiger partial charge in [0.1, 0.15) is 5.75 Å². The Morgan fingerprint density at radius 1 is 1.08 bits per heavy atom. The molecule has 0 atom stereocenters. The van der Waals surface area contributed by atoms with Crippen molar-refractivity contribution in [1.82, 2.24) is 0 Å². The monoisotopic (exact) mass is 375 g/mol. The molecule has 4 nitrogen and oxygen atoms in total. The molecule has 0 bridgehead atoms. The van der Waals surface area contributed by atoms with Crippen LogP contribution in [0.3, 0.4) is 0 Å². The number of anilines is 1. The minimum Gasteiger partial charge on any atom is -0.433 e. The molecule has 8 heteroatoms. The summed E-state index contributed by atoms with van der Waals surface area (Å²) in [5.41, 5.74) is 1.64. The summed E-state index contributed by atoms with van der Waals surface area (Å²) in [4.78, 5) is 0.0213. The fourth-order valence-electron chi connectivity index (χ4n) is 2.15. The van der Waals surface area contributed by atoms with E-state index in [9.17, 15) is 17.2 Å². The maximum absolute atomic E-state index is 12.6. The molecule has 2 rings (SSSR count). The summed E-state index contributed by atoms with van der Waals surface area (Å²) in [5, 5.41) is 0.448. The minimum atomic E-state index is -3.99. The highest BCUT2D eigenvalue weighted by molar-refractivity contribution is 7.92. The fraction of sp³-hybridized carbons (Fsp3) is 0.250. The van der Waals surface area contributed by atoms with Gasteiger partial charge in [-0.25, -0.2) is 8.42 Å². The van der Waals surface area contributed by atoms with Crippen molar-refractivity contribution in [3.63, 3.8) is 0 Å². The normalized spacial score (nSPS) is 11.6. The molecule has 0 saturated carbocycles. The van der Waals surface area contributed by atoms with Gasteiger partial charge in [-0.3, -0.25) is 4.72 Å². The van der Waals surface area contributed by atoms with Crippen LogP contribution in [0.2, 0.25) is 5.02 Å². The van der Waals surface area contributed by atoms with Crippen molar-refractivity contribution in [3.8, 4) is 5.75 Å². The molecule has 0 unspecified atom stereocenters. The van der Waals surface area contributed by atoms with Crippen molar-refractivity contribution in [1.29, 1.82) is 0 Å². The van der Waals surface area contributed by atoms with Crippen molar-refractivity contribution >= 4 is 27.3 Å². The molecule has 2 aromatic rings. The quantitative estimate of drug-likeness (QED) is 0.826.